The Balaban J connectivity index is 0.000000149. The number of aryl methyl sites for hydroxylation is 2. The van der Waals surface area contributed by atoms with Gasteiger partial charge in [0, 0.05) is 113 Å². The van der Waals surface area contributed by atoms with Gasteiger partial charge in [-0.3, -0.25) is 4.79 Å². The average Bonchev–Trinajstić information content (AvgIpc) is 3.92. The molecule has 2 aromatic carbocycles. The van der Waals surface area contributed by atoms with Crippen molar-refractivity contribution in [2.24, 2.45) is 25.9 Å². The van der Waals surface area contributed by atoms with Crippen molar-refractivity contribution >= 4 is 23.3 Å². The summed E-state index contributed by atoms with van der Waals surface area (Å²) < 4.78 is 24.9. The van der Waals surface area contributed by atoms with E-state index in [0.29, 0.717) is 35.5 Å². The second-order valence-corrected chi connectivity index (χ2v) is 12.9. The van der Waals surface area contributed by atoms with Gasteiger partial charge in [0.2, 0.25) is 0 Å². The van der Waals surface area contributed by atoms with E-state index in [9.17, 15) is 9.59 Å². The lowest BCUT2D eigenvalue weighted by Crippen LogP contribution is -2.29. The lowest BCUT2D eigenvalue weighted by molar-refractivity contribution is -0.141. The Bertz CT molecular complexity index is 1800. The van der Waals surface area contributed by atoms with Crippen LogP contribution in [0.5, 0.6) is 11.5 Å². The summed E-state index contributed by atoms with van der Waals surface area (Å²) in [5, 5.41) is 11.0. The van der Waals surface area contributed by atoms with Crippen LogP contribution in [0.3, 0.4) is 0 Å². The van der Waals surface area contributed by atoms with E-state index in [1.165, 1.54) is 31.0 Å². The third-order valence-electron chi connectivity index (χ3n) is 9.64. The van der Waals surface area contributed by atoms with Crippen molar-refractivity contribution in [1.29, 1.82) is 0 Å². The summed E-state index contributed by atoms with van der Waals surface area (Å²) in [6.45, 7) is 1.42. The van der Waals surface area contributed by atoms with E-state index in [1.54, 1.807) is 11.9 Å². The number of imidazole rings is 2. The highest BCUT2D eigenvalue weighted by Crippen LogP contribution is 2.65. The fourth-order valence-corrected chi connectivity index (χ4v) is 7.12. The van der Waals surface area contributed by atoms with Gasteiger partial charge in [0.1, 0.15) is 24.7 Å². The van der Waals surface area contributed by atoms with Crippen LogP contribution in [0.4, 0.5) is 11.4 Å². The maximum atomic E-state index is 12.0. The summed E-state index contributed by atoms with van der Waals surface area (Å²) in [4.78, 5) is 32.2. The number of carboxylic acids is 1. The lowest BCUT2D eigenvalue weighted by atomic mass is 10.0. The van der Waals surface area contributed by atoms with E-state index in [0.717, 1.165) is 41.8 Å². The highest BCUT2D eigenvalue weighted by Gasteiger charge is 2.57. The molecule has 2 aliphatic carbocycles. The second kappa shape index (κ2) is 14.3. The Morgan fingerprint density at radius 3 is 1.84 bits per heavy atom. The molecule has 8 rings (SSSR count). The van der Waals surface area contributed by atoms with Crippen LogP contribution in [-0.2, 0) is 33.2 Å². The van der Waals surface area contributed by atoms with Gasteiger partial charge in [-0.25, -0.2) is 14.8 Å². The molecule has 4 heterocycles. The first-order chi connectivity index (χ1) is 23.6. The van der Waals surface area contributed by atoms with E-state index in [4.69, 9.17) is 19.3 Å². The van der Waals surface area contributed by atoms with Crippen LogP contribution in [0, 0.1) is 11.8 Å². The molecule has 0 bridgehead atoms. The van der Waals surface area contributed by atoms with Gasteiger partial charge < -0.3 is 43.4 Å². The van der Waals surface area contributed by atoms with Crippen LogP contribution < -0.4 is 19.7 Å². The molecular formula is C36H44N6O7. The van der Waals surface area contributed by atoms with Gasteiger partial charge in [0.05, 0.1) is 37.3 Å². The fourth-order valence-electron chi connectivity index (χ4n) is 7.12. The standard InChI is InChI=1S/C18H21N3O3.C15H17N3O.C3H6O3/c1-20-7-14(19-10-20)18-13-8-24-15-5-4-11(6-12(15)17(13)18)21(2)16(22)9-23-3;1-16-9-3-4-13-10(5-9)14-11(7-19-13)15(14)12-6-18(2)8-17-12;1-6-2-3(4)5/h4-7,10,13,17-18H,8-9H2,1-3H3;3-6,8,11,14-16H,7H2,1-2H3;2H2,1H3,(H,4,5)/t13-,17+,18-;11-,14+,15-;/m00./s1. The van der Waals surface area contributed by atoms with E-state index < -0.39 is 5.97 Å². The van der Waals surface area contributed by atoms with E-state index >= 15 is 0 Å². The first kappa shape index (κ1) is 34.0. The molecular weight excluding hydrogens is 628 g/mol. The molecule has 2 saturated carbocycles. The molecule has 13 heteroatoms. The van der Waals surface area contributed by atoms with E-state index in [2.05, 4.69) is 56.7 Å². The minimum absolute atomic E-state index is 0.0669. The number of hydrogen-bond acceptors (Lipinski definition) is 9. The number of benzene rings is 2. The normalized spacial score (nSPS) is 23.2. The van der Waals surface area contributed by atoms with Gasteiger partial charge in [0.25, 0.3) is 5.91 Å². The zero-order chi connectivity index (χ0) is 34.8. The van der Waals surface area contributed by atoms with Crippen LogP contribution in [-0.4, -0.2) is 90.8 Å². The number of fused-ring (bicyclic) bond motifs is 6. The molecule has 2 fully saturated rings. The number of nitrogens with one attached hydrogen (secondary N) is 1. The highest BCUT2D eigenvalue weighted by molar-refractivity contribution is 5.94. The molecule has 4 aromatic rings. The molecule has 260 valence electrons. The van der Waals surface area contributed by atoms with Crippen molar-refractivity contribution in [3.63, 3.8) is 0 Å². The molecule has 0 radical (unpaired) electrons. The number of carbonyl (C=O) groups excluding carboxylic acids is 1. The van der Waals surface area contributed by atoms with Crippen molar-refractivity contribution < 1.29 is 33.6 Å². The van der Waals surface area contributed by atoms with Gasteiger partial charge >= 0.3 is 5.97 Å². The summed E-state index contributed by atoms with van der Waals surface area (Å²) in [7, 11) is 10.6. The van der Waals surface area contributed by atoms with Crippen LogP contribution in [0.1, 0.15) is 46.2 Å². The SMILES string of the molecule is CNc1ccc2c(c1)[C@@H]1[C@H](CO2)[C@H]1c1cn(C)cn1.COCC(=O)N(C)c1ccc2c(c1)[C@@H]1[C@H](CO2)[C@H]1c1cn(C)cn1.COCC(=O)O. The summed E-state index contributed by atoms with van der Waals surface area (Å²) in [6, 6.07) is 12.3. The number of likely N-dealkylation sites (N-methyl/N-ethyl adjacent to an activating group) is 1. The summed E-state index contributed by atoms with van der Waals surface area (Å²) >= 11 is 0. The fraction of sp³-hybridized carbons (Fsp3) is 0.444. The quantitative estimate of drug-likeness (QED) is 0.282. The zero-order valence-electron chi connectivity index (χ0n) is 28.7. The Labute approximate surface area is 285 Å². The zero-order valence-corrected chi connectivity index (χ0v) is 28.7. The molecule has 4 aliphatic rings. The predicted molar refractivity (Wildman–Crippen MR) is 183 cm³/mol. The first-order valence-corrected chi connectivity index (χ1v) is 16.3. The molecule has 0 saturated heterocycles. The predicted octanol–water partition coefficient (Wildman–Crippen LogP) is 3.99. The minimum Gasteiger partial charge on any atom is -0.493 e. The first-order valence-electron chi connectivity index (χ1n) is 16.3. The van der Waals surface area contributed by atoms with E-state index in [1.807, 2.05) is 55.1 Å². The molecule has 13 nitrogen and oxygen atoms in total. The molecule has 0 unspecified atom stereocenters. The highest BCUT2D eigenvalue weighted by atomic mass is 16.5. The number of methoxy groups -OCH3 is 2. The Kier molecular flexibility index (Phi) is 9.93. The Morgan fingerprint density at radius 2 is 1.39 bits per heavy atom. The molecule has 6 atom stereocenters. The van der Waals surface area contributed by atoms with Gasteiger partial charge in [0.15, 0.2) is 0 Å². The molecule has 2 aliphatic heterocycles. The van der Waals surface area contributed by atoms with Gasteiger partial charge in [-0.1, -0.05) is 0 Å². The molecule has 0 spiro atoms. The molecule has 2 N–H and O–H groups in total. The number of aliphatic carboxylic acids is 1. The van der Waals surface area contributed by atoms with Crippen LogP contribution >= 0.6 is 0 Å². The van der Waals surface area contributed by atoms with Crippen molar-refractivity contribution in [2.45, 2.75) is 23.7 Å². The monoisotopic (exact) mass is 672 g/mol. The summed E-state index contributed by atoms with van der Waals surface area (Å²) in [6.07, 6.45) is 7.94. The van der Waals surface area contributed by atoms with Crippen molar-refractivity contribution in [1.82, 2.24) is 19.1 Å². The van der Waals surface area contributed by atoms with Gasteiger partial charge in [-0.2, -0.15) is 0 Å². The average molecular weight is 673 g/mol. The Morgan fingerprint density at radius 1 is 0.857 bits per heavy atom. The van der Waals surface area contributed by atoms with E-state index in [-0.39, 0.29) is 19.1 Å². The Hall–Kier alpha value is -4.88. The molecule has 1 amide bonds. The molecule has 2 aromatic heterocycles. The van der Waals surface area contributed by atoms with Crippen molar-refractivity contribution in [2.75, 3.05) is 65.0 Å². The number of anilines is 2. The summed E-state index contributed by atoms with van der Waals surface area (Å²) in [5.74, 6) is 3.96. The van der Waals surface area contributed by atoms with Crippen molar-refractivity contribution in [3.05, 3.63) is 84.0 Å². The largest absolute Gasteiger partial charge is 0.493 e. The van der Waals surface area contributed by atoms with Crippen LogP contribution in [0.25, 0.3) is 0 Å². The second-order valence-electron chi connectivity index (χ2n) is 12.9. The smallest absolute Gasteiger partial charge is 0.329 e. The van der Waals surface area contributed by atoms with Gasteiger partial charge in [-0.15, -0.1) is 0 Å². The summed E-state index contributed by atoms with van der Waals surface area (Å²) in [5.41, 5.74) is 6.85. The minimum atomic E-state index is -0.933. The lowest BCUT2D eigenvalue weighted by Gasteiger charge is -2.21. The number of carbonyl (C=O) groups is 2. The number of carboxylic acid groups (broad SMARTS) is 1. The maximum Gasteiger partial charge on any atom is 0.329 e. The van der Waals surface area contributed by atoms with Crippen molar-refractivity contribution in [3.8, 4) is 11.5 Å². The number of hydrogen-bond donors (Lipinski definition) is 2. The number of aromatic nitrogens is 4. The number of amides is 1. The third kappa shape index (κ3) is 7.13. The molecule has 49 heavy (non-hydrogen) atoms. The van der Waals surface area contributed by atoms with Crippen LogP contribution in [0.15, 0.2) is 61.4 Å². The maximum absolute atomic E-state index is 12.0. The topological polar surface area (TPSA) is 142 Å². The number of ether oxygens (including phenoxy) is 4. The van der Waals surface area contributed by atoms with Crippen LogP contribution in [0.2, 0.25) is 0 Å². The number of nitrogens with zero attached hydrogens (tertiary/aromatic N) is 5. The van der Waals surface area contributed by atoms with Gasteiger partial charge in [-0.05, 0) is 36.4 Å². The number of rotatable bonds is 8. The third-order valence-corrected chi connectivity index (χ3v) is 9.64.